The van der Waals surface area contributed by atoms with Crippen LogP contribution >= 0.6 is 0 Å². The first-order valence-corrected chi connectivity index (χ1v) is 10.1. The molecule has 3 aromatic rings. The van der Waals surface area contributed by atoms with Gasteiger partial charge in [-0.15, -0.1) is 0 Å². The number of para-hydroxylation sites is 1. The van der Waals surface area contributed by atoms with E-state index in [9.17, 15) is 9.59 Å². The van der Waals surface area contributed by atoms with Gasteiger partial charge in [0.05, 0.1) is 11.1 Å². The summed E-state index contributed by atoms with van der Waals surface area (Å²) in [5.74, 6) is 0.0654. The maximum atomic E-state index is 13.2. The molecule has 0 unspecified atom stereocenters. The lowest BCUT2D eigenvalue weighted by Crippen LogP contribution is -2.23. The number of fused-ring (bicyclic) bond motifs is 1. The Bertz CT molecular complexity index is 1090. The number of amides is 2. The highest BCUT2D eigenvalue weighted by molar-refractivity contribution is 6.13. The molecule has 1 aromatic heterocycles. The number of rotatable bonds is 5. The van der Waals surface area contributed by atoms with Gasteiger partial charge in [0.15, 0.2) is 0 Å². The smallest absolute Gasteiger partial charge is 0.256 e. The molecule has 0 spiro atoms. The van der Waals surface area contributed by atoms with E-state index in [0.717, 1.165) is 52.8 Å². The van der Waals surface area contributed by atoms with E-state index in [1.165, 1.54) is 0 Å². The zero-order valence-electron chi connectivity index (χ0n) is 16.9. The molecule has 0 bridgehead atoms. The number of nitrogens with zero attached hydrogens (tertiary/aromatic N) is 2. The molecular weight excluding hydrogens is 362 g/mol. The first-order valence-electron chi connectivity index (χ1n) is 10.1. The van der Waals surface area contributed by atoms with E-state index in [1.807, 2.05) is 60.4 Å². The van der Waals surface area contributed by atoms with Gasteiger partial charge in [0.1, 0.15) is 0 Å². The largest absolute Gasteiger partial charge is 0.338 e. The van der Waals surface area contributed by atoms with Crippen molar-refractivity contribution in [2.24, 2.45) is 0 Å². The Balaban J connectivity index is 1.62. The molecule has 1 aliphatic rings. The maximum absolute atomic E-state index is 13.2. The Kier molecular flexibility index (Phi) is 5.30. The molecule has 2 amide bonds. The van der Waals surface area contributed by atoms with Crippen molar-refractivity contribution in [3.63, 3.8) is 0 Å². The van der Waals surface area contributed by atoms with Crippen LogP contribution in [0.1, 0.15) is 46.9 Å². The standard InChI is InChI=1S/C24H25N3O2/c1-3-20-16(2)23(19-10-4-5-11-21(19)26-20)24(29)25-18-9-6-8-17(14-18)15-27-13-7-12-22(27)28/h4-6,8-11,14H,3,7,12-13,15H2,1-2H3,(H,25,29). The number of aryl methyl sites for hydroxylation is 1. The Morgan fingerprint density at radius 3 is 2.76 bits per heavy atom. The van der Waals surface area contributed by atoms with Gasteiger partial charge in [0.2, 0.25) is 5.91 Å². The minimum Gasteiger partial charge on any atom is -0.338 e. The number of benzene rings is 2. The molecule has 1 fully saturated rings. The average molecular weight is 387 g/mol. The summed E-state index contributed by atoms with van der Waals surface area (Å²) in [6, 6.07) is 15.5. The minimum atomic E-state index is -0.134. The second kappa shape index (κ2) is 8.03. The van der Waals surface area contributed by atoms with Gasteiger partial charge in [-0.05, 0) is 49.1 Å². The van der Waals surface area contributed by atoms with E-state index >= 15 is 0 Å². The summed E-state index contributed by atoms with van der Waals surface area (Å²) in [5.41, 5.74) is 5.12. The number of pyridine rings is 1. The van der Waals surface area contributed by atoms with E-state index < -0.39 is 0 Å². The molecule has 1 saturated heterocycles. The molecule has 5 nitrogen and oxygen atoms in total. The zero-order chi connectivity index (χ0) is 20.4. The van der Waals surface area contributed by atoms with Crippen molar-refractivity contribution in [3.8, 4) is 0 Å². The van der Waals surface area contributed by atoms with Crippen LogP contribution in [0, 0.1) is 6.92 Å². The lowest BCUT2D eigenvalue weighted by molar-refractivity contribution is -0.128. The molecule has 5 heteroatoms. The maximum Gasteiger partial charge on any atom is 0.256 e. The molecule has 2 heterocycles. The highest BCUT2D eigenvalue weighted by atomic mass is 16.2. The van der Waals surface area contributed by atoms with Gasteiger partial charge in [0, 0.05) is 36.3 Å². The molecule has 1 N–H and O–H groups in total. The Labute approximate surface area is 170 Å². The van der Waals surface area contributed by atoms with Gasteiger partial charge in [-0.25, -0.2) is 0 Å². The number of anilines is 1. The van der Waals surface area contributed by atoms with Gasteiger partial charge >= 0.3 is 0 Å². The number of carbonyl (C=O) groups is 2. The van der Waals surface area contributed by atoms with Crippen LogP contribution in [-0.2, 0) is 17.8 Å². The third kappa shape index (κ3) is 3.86. The molecule has 4 rings (SSSR count). The van der Waals surface area contributed by atoms with E-state index in [4.69, 9.17) is 4.98 Å². The van der Waals surface area contributed by atoms with Crippen LogP contribution in [0.25, 0.3) is 10.9 Å². The number of carbonyl (C=O) groups excluding carboxylic acids is 2. The van der Waals surface area contributed by atoms with Gasteiger partial charge in [-0.1, -0.05) is 37.3 Å². The van der Waals surface area contributed by atoms with E-state index in [0.29, 0.717) is 18.5 Å². The number of likely N-dealkylation sites (tertiary alicyclic amines) is 1. The van der Waals surface area contributed by atoms with Gasteiger partial charge < -0.3 is 10.2 Å². The molecule has 0 aliphatic carbocycles. The summed E-state index contributed by atoms with van der Waals surface area (Å²) >= 11 is 0. The quantitative estimate of drug-likeness (QED) is 0.702. The lowest BCUT2D eigenvalue weighted by atomic mass is 9.99. The van der Waals surface area contributed by atoms with E-state index in [2.05, 4.69) is 12.2 Å². The van der Waals surface area contributed by atoms with Crippen molar-refractivity contribution in [2.75, 3.05) is 11.9 Å². The van der Waals surface area contributed by atoms with Gasteiger partial charge in [-0.2, -0.15) is 0 Å². The lowest BCUT2D eigenvalue weighted by Gasteiger charge is -2.17. The van der Waals surface area contributed by atoms with Crippen LogP contribution in [0.3, 0.4) is 0 Å². The highest BCUT2D eigenvalue weighted by Crippen LogP contribution is 2.25. The average Bonchev–Trinajstić information content (AvgIpc) is 3.12. The minimum absolute atomic E-state index is 0.134. The normalized spacial score (nSPS) is 13.9. The topological polar surface area (TPSA) is 62.3 Å². The summed E-state index contributed by atoms with van der Waals surface area (Å²) in [7, 11) is 0. The predicted molar refractivity (Wildman–Crippen MR) is 115 cm³/mol. The first-order chi connectivity index (χ1) is 14.1. The Hall–Kier alpha value is -3.21. The van der Waals surface area contributed by atoms with E-state index in [1.54, 1.807) is 0 Å². The number of nitrogens with one attached hydrogen (secondary N) is 1. The van der Waals surface area contributed by atoms with Crippen LogP contribution in [0.4, 0.5) is 5.69 Å². The first kappa shape index (κ1) is 19.1. The Morgan fingerprint density at radius 1 is 1.17 bits per heavy atom. The number of hydrogen-bond donors (Lipinski definition) is 1. The predicted octanol–water partition coefficient (Wildman–Crippen LogP) is 4.48. The molecule has 1 aliphatic heterocycles. The molecule has 148 valence electrons. The van der Waals surface area contributed by atoms with Gasteiger partial charge in [0.25, 0.3) is 5.91 Å². The third-order valence-electron chi connectivity index (χ3n) is 5.53. The summed E-state index contributed by atoms with van der Waals surface area (Å²) in [4.78, 5) is 31.7. The SMILES string of the molecule is CCc1nc2ccccc2c(C(=O)Nc2cccc(CN3CCCC3=O)c2)c1C. The molecule has 0 atom stereocenters. The van der Waals surface area contributed by atoms with Crippen molar-refractivity contribution in [1.82, 2.24) is 9.88 Å². The van der Waals surface area contributed by atoms with Crippen molar-refractivity contribution >= 4 is 28.4 Å². The molecule has 29 heavy (non-hydrogen) atoms. The van der Waals surface area contributed by atoms with Crippen LogP contribution < -0.4 is 5.32 Å². The summed E-state index contributed by atoms with van der Waals surface area (Å²) in [6.45, 7) is 5.40. The van der Waals surface area contributed by atoms with Crippen LogP contribution in [-0.4, -0.2) is 28.2 Å². The fourth-order valence-electron chi connectivity index (χ4n) is 4.03. The molecule has 0 radical (unpaired) electrons. The van der Waals surface area contributed by atoms with Crippen molar-refractivity contribution in [3.05, 3.63) is 70.9 Å². The number of aromatic nitrogens is 1. The monoisotopic (exact) mass is 387 g/mol. The number of hydrogen-bond acceptors (Lipinski definition) is 3. The van der Waals surface area contributed by atoms with Crippen molar-refractivity contribution in [1.29, 1.82) is 0 Å². The van der Waals surface area contributed by atoms with Gasteiger partial charge in [-0.3, -0.25) is 14.6 Å². The summed E-state index contributed by atoms with van der Waals surface area (Å²) < 4.78 is 0. The summed E-state index contributed by atoms with van der Waals surface area (Å²) in [6.07, 6.45) is 2.32. The zero-order valence-corrected chi connectivity index (χ0v) is 16.9. The second-order valence-electron chi connectivity index (χ2n) is 7.50. The van der Waals surface area contributed by atoms with Crippen molar-refractivity contribution < 1.29 is 9.59 Å². The molecular formula is C24H25N3O2. The van der Waals surface area contributed by atoms with E-state index in [-0.39, 0.29) is 11.8 Å². The summed E-state index contributed by atoms with van der Waals surface area (Å²) in [5, 5.41) is 3.91. The third-order valence-corrected chi connectivity index (χ3v) is 5.53. The van der Waals surface area contributed by atoms with Crippen LogP contribution in [0.2, 0.25) is 0 Å². The fourth-order valence-corrected chi connectivity index (χ4v) is 4.03. The Morgan fingerprint density at radius 2 is 2.00 bits per heavy atom. The second-order valence-corrected chi connectivity index (χ2v) is 7.50. The van der Waals surface area contributed by atoms with Crippen molar-refractivity contribution in [2.45, 2.75) is 39.7 Å². The van der Waals surface area contributed by atoms with Crippen LogP contribution in [0.5, 0.6) is 0 Å². The highest BCUT2D eigenvalue weighted by Gasteiger charge is 2.21. The fraction of sp³-hybridized carbons (Fsp3) is 0.292. The molecule has 0 saturated carbocycles. The van der Waals surface area contributed by atoms with Crippen LogP contribution in [0.15, 0.2) is 48.5 Å². The molecule has 2 aromatic carbocycles.